The average molecular weight is 292 g/mol. The van der Waals surface area contributed by atoms with Crippen molar-refractivity contribution in [3.8, 4) is 5.75 Å². The van der Waals surface area contributed by atoms with E-state index in [2.05, 4.69) is 10.2 Å². The summed E-state index contributed by atoms with van der Waals surface area (Å²) in [7, 11) is 1.77. The van der Waals surface area contributed by atoms with Crippen LogP contribution < -0.4 is 9.84 Å². The molecule has 0 amide bonds. The molecule has 1 aromatic heterocycles. The van der Waals surface area contributed by atoms with Gasteiger partial charge in [-0.3, -0.25) is 0 Å². The molecular formula is C13H14N3O3S-. The van der Waals surface area contributed by atoms with Crippen LogP contribution >= 0.6 is 11.8 Å². The van der Waals surface area contributed by atoms with Gasteiger partial charge in [-0.2, -0.15) is 0 Å². The van der Waals surface area contributed by atoms with Gasteiger partial charge in [-0.1, -0.05) is 23.9 Å². The molecule has 7 heteroatoms. The van der Waals surface area contributed by atoms with Crippen molar-refractivity contribution in [2.24, 2.45) is 7.05 Å². The number of ether oxygens (including phenoxy) is 1. The summed E-state index contributed by atoms with van der Waals surface area (Å²) in [6.07, 6.45) is 0. The van der Waals surface area contributed by atoms with E-state index in [0.29, 0.717) is 11.0 Å². The third kappa shape index (κ3) is 3.74. The number of nitrogens with zero attached hydrogens (tertiary/aromatic N) is 3. The summed E-state index contributed by atoms with van der Waals surface area (Å²) in [6.45, 7) is 2.27. The van der Waals surface area contributed by atoms with Crippen LogP contribution in [0.3, 0.4) is 0 Å². The normalized spacial score (nSPS) is 10.5. The molecule has 0 fully saturated rings. The first kappa shape index (κ1) is 14.4. The number of carboxylic acids is 1. The van der Waals surface area contributed by atoms with E-state index in [0.717, 1.165) is 23.1 Å². The molecule has 1 heterocycles. The zero-order chi connectivity index (χ0) is 14.5. The third-order valence-electron chi connectivity index (χ3n) is 2.60. The Morgan fingerprint density at radius 1 is 1.45 bits per heavy atom. The smallest absolute Gasteiger partial charge is 0.191 e. The van der Waals surface area contributed by atoms with Gasteiger partial charge in [0.25, 0.3) is 0 Å². The van der Waals surface area contributed by atoms with Crippen molar-refractivity contribution in [3.05, 3.63) is 35.7 Å². The van der Waals surface area contributed by atoms with Crippen molar-refractivity contribution in [1.82, 2.24) is 14.8 Å². The lowest BCUT2D eigenvalue weighted by atomic mass is 10.2. The summed E-state index contributed by atoms with van der Waals surface area (Å²) in [4.78, 5) is 10.4. The van der Waals surface area contributed by atoms with Crippen LogP contribution in [0.4, 0.5) is 0 Å². The van der Waals surface area contributed by atoms with Crippen LogP contribution in [0, 0.1) is 6.92 Å². The molecule has 6 nitrogen and oxygen atoms in total. The largest absolute Gasteiger partial charge is 0.549 e. The van der Waals surface area contributed by atoms with Crippen molar-refractivity contribution in [3.63, 3.8) is 0 Å². The predicted molar refractivity (Wildman–Crippen MR) is 72.2 cm³/mol. The standard InChI is InChI=1S/C13H15N3O3S/c1-9-4-3-5-10(6-9)19-7-11-14-15-13(16(11)2)20-8-12(17)18/h3-6H,7-8H2,1-2H3,(H,17,18)/p-1. The Labute approximate surface area is 120 Å². The maximum Gasteiger partial charge on any atom is 0.191 e. The number of aliphatic carboxylic acids is 1. The highest BCUT2D eigenvalue weighted by Gasteiger charge is 2.09. The number of rotatable bonds is 6. The fraction of sp³-hybridized carbons (Fsp3) is 0.308. The van der Waals surface area contributed by atoms with Gasteiger partial charge < -0.3 is 19.2 Å². The van der Waals surface area contributed by atoms with E-state index in [1.807, 2.05) is 31.2 Å². The second-order valence-electron chi connectivity index (χ2n) is 4.22. The van der Waals surface area contributed by atoms with E-state index in [1.165, 1.54) is 0 Å². The van der Waals surface area contributed by atoms with Gasteiger partial charge in [0.15, 0.2) is 11.0 Å². The van der Waals surface area contributed by atoms with Gasteiger partial charge in [-0.25, -0.2) is 0 Å². The average Bonchev–Trinajstić information content (AvgIpc) is 2.75. The molecule has 106 valence electrons. The van der Waals surface area contributed by atoms with E-state index in [1.54, 1.807) is 11.6 Å². The van der Waals surface area contributed by atoms with Crippen molar-refractivity contribution >= 4 is 17.7 Å². The van der Waals surface area contributed by atoms with Crippen molar-refractivity contribution in [1.29, 1.82) is 0 Å². The summed E-state index contributed by atoms with van der Waals surface area (Å²) in [5.41, 5.74) is 1.12. The van der Waals surface area contributed by atoms with Gasteiger partial charge in [-0.15, -0.1) is 10.2 Å². The molecule has 0 saturated carbocycles. The van der Waals surface area contributed by atoms with E-state index in [-0.39, 0.29) is 12.4 Å². The van der Waals surface area contributed by atoms with E-state index < -0.39 is 5.97 Å². The number of carboxylic acid groups (broad SMARTS) is 1. The molecule has 1 aromatic carbocycles. The highest BCUT2D eigenvalue weighted by atomic mass is 32.2. The molecule has 20 heavy (non-hydrogen) atoms. The number of thioether (sulfide) groups is 1. The SMILES string of the molecule is Cc1cccc(OCc2nnc(SCC(=O)[O-])n2C)c1. The Hall–Kier alpha value is -2.02. The van der Waals surface area contributed by atoms with Gasteiger partial charge >= 0.3 is 0 Å². The molecule has 0 spiro atoms. The second-order valence-corrected chi connectivity index (χ2v) is 5.17. The molecule has 0 bridgehead atoms. The van der Waals surface area contributed by atoms with Crippen LogP contribution in [0.2, 0.25) is 0 Å². The highest BCUT2D eigenvalue weighted by molar-refractivity contribution is 7.99. The Morgan fingerprint density at radius 3 is 2.95 bits per heavy atom. The van der Waals surface area contributed by atoms with Gasteiger partial charge in [0.1, 0.15) is 12.4 Å². The van der Waals surface area contributed by atoms with Crippen LogP contribution in [-0.2, 0) is 18.4 Å². The second kappa shape index (κ2) is 6.42. The Bertz CT molecular complexity index is 613. The fourth-order valence-corrected chi connectivity index (χ4v) is 2.22. The molecule has 0 N–H and O–H groups in total. The fourth-order valence-electron chi connectivity index (χ4n) is 1.57. The van der Waals surface area contributed by atoms with Crippen LogP contribution in [-0.4, -0.2) is 26.5 Å². The van der Waals surface area contributed by atoms with Crippen molar-refractivity contribution < 1.29 is 14.6 Å². The molecule has 0 atom stereocenters. The first-order valence-electron chi connectivity index (χ1n) is 5.96. The molecule has 0 aliphatic carbocycles. The lowest BCUT2D eigenvalue weighted by Crippen LogP contribution is -2.24. The van der Waals surface area contributed by atoms with Gasteiger partial charge in [0.2, 0.25) is 0 Å². The number of hydrogen-bond donors (Lipinski definition) is 0. The van der Waals surface area contributed by atoms with Gasteiger partial charge in [0, 0.05) is 12.8 Å². The maximum absolute atomic E-state index is 10.4. The van der Waals surface area contributed by atoms with Crippen LogP contribution in [0.5, 0.6) is 5.75 Å². The molecule has 0 saturated heterocycles. The van der Waals surface area contributed by atoms with Crippen molar-refractivity contribution in [2.75, 3.05) is 5.75 Å². The summed E-state index contributed by atoms with van der Waals surface area (Å²) < 4.78 is 7.34. The first-order chi connectivity index (χ1) is 9.56. The number of aryl methyl sites for hydroxylation is 1. The van der Waals surface area contributed by atoms with Crippen LogP contribution in [0.25, 0.3) is 0 Å². The number of benzene rings is 1. The number of hydrogen-bond acceptors (Lipinski definition) is 6. The number of aromatic nitrogens is 3. The number of carbonyl (C=O) groups is 1. The van der Waals surface area contributed by atoms with E-state index in [4.69, 9.17) is 4.74 Å². The number of carbonyl (C=O) groups excluding carboxylic acids is 1. The topological polar surface area (TPSA) is 80.1 Å². The minimum Gasteiger partial charge on any atom is -0.549 e. The molecule has 0 unspecified atom stereocenters. The monoisotopic (exact) mass is 292 g/mol. The Morgan fingerprint density at radius 2 is 2.25 bits per heavy atom. The van der Waals surface area contributed by atoms with Gasteiger partial charge in [0.05, 0.1) is 5.97 Å². The van der Waals surface area contributed by atoms with Crippen LogP contribution in [0.1, 0.15) is 11.4 Å². The predicted octanol–water partition coefficient (Wildman–Crippen LogP) is 0.545. The third-order valence-corrected chi connectivity index (χ3v) is 3.60. The zero-order valence-electron chi connectivity index (χ0n) is 11.2. The molecule has 0 aliphatic rings. The summed E-state index contributed by atoms with van der Waals surface area (Å²) in [5, 5.41) is 18.9. The lowest BCUT2D eigenvalue weighted by molar-refractivity contribution is -0.301. The highest BCUT2D eigenvalue weighted by Crippen LogP contribution is 2.17. The zero-order valence-corrected chi connectivity index (χ0v) is 12.0. The quantitative estimate of drug-likeness (QED) is 0.723. The minimum atomic E-state index is -1.13. The van der Waals surface area contributed by atoms with E-state index >= 15 is 0 Å². The minimum absolute atomic E-state index is 0.148. The molecule has 2 rings (SSSR count). The summed E-state index contributed by atoms with van der Waals surface area (Å²) in [5.74, 6) is 0.116. The molecule has 0 radical (unpaired) electrons. The molecule has 0 aliphatic heterocycles. The van der Waals surface area contributed by atoms with Gasteiger partial charge in [-0.05, 0) is 24.6 Å². The summed E-state index contributed by atoms with van der Waals surface area (Å²) >= 11 is 1.07. The summed E-state index contributed by atoms with van der Waals surface area (Å²) in [6, 6.07) is 7.71. The van der Waals surface area contributed by atoms with E-state index in [9.17, 15) is 9.90 Å². The Balaban J connectivity index is 1.98. The van der Waals surface area contributed by atoms with Crippen molar-refractivity contribution in [2.45, 2.75) is 18.7 Å². The first-order valence-corrected chi connectivity index (χ1v) is 6.95. The Kier molecular flexibility index (Phi) is 4.62. The maximum atomic E-state index is 10.4. The van der Waals surface area contributed by atoms with Crippen LogP contribution in [0.15, 0.2) is 29.4 Å². The molecule has 2 aromatic rings. The lowest BCUT2D eigenvalue weighted by Gasteiger charge is -2.07. The molecular weight excluding hydrogens is 278 g/mol.